The van der Waals surface area contributed by atoms with E-state index in [-0.39, 0.29) is 12.2 Å². The molecular formula is C24H22Br2N2O4S. The Kier molecular flexibility index (Phi) is 8.89. The summed E-state index contributed by atoms with van der Waals surface area (Å²) in [5.41, 5.74) is 1.90. The molecule has 0 bridgehead atoms. The van der Waals surface area contributed by atoms with E-state index < -0.39 is 11.9 Å². The number of aryl methyl sites for hydroxylation is 1. The van der Waals surface area contributed by atoms with Crippen LogP contribution >= 0.6 is 43.2 Å². The third-order valence-corrected chi connectivity index (χ3v) is 7.31. The van der Waals surface area contributed by atoms with Gasteiger partial charge in [-0.1, -0.05) is 12.7 Å². The number of nitrogens with zero attached hydrogens (tertiary/aromatic N) is 1. The lowest BCUT2D eigenvalue weighted by Crippen LogP contribution is -2.16. The standard InChI is InChI=1S/C24H22Br2N2O4S/c1-3-9-32-21-17(25)11-14(12-18(21)26)10-15(13-27)22(29)28-23-20(24(30)31-4-2)16-7-5-6-8-19(16)33-23/h3,10-12H,1,4-9H2,2H3,(H,28,29)/b15-10+. The Morgan fingerprint density at radius 3 is 2.61 bits per heavy atom. The first-order valence-electron chi connectivity index (χ1n) is 10.4. The van der Waals surface area contributed by atoms with Gasteiger partial charge >= 0.3 is 5.97 Å². The van der Waals surface area contributed by atoms with Gasteiger partial charge in [-0.3, -0.25) is 4.79 Å². The van der Waals surface area contributed by atoms with Gasteiger partial charge in [-0.15, -0.1) is 11.3 Å². The van der Waals surface area contributed by atoms with Crippen molar-refractivity contribution in [2.45, 2.75) is 32.6 Å². The Hall–Kier alpha value is -2.41. The first-order valence-corrected chi connectivity index (χ1v) is 12.8. The number of amides is 1. The van der Waals surface area contributed by atoms with Gasteiger partial charge in [0.1, 0.15) is 29.0 Å². The molecule has 9 heteroatoms. The van der Waals surface area contributed by atoms with Crippen molar-refractivity contribution in [1.29, 1.82) is 5.26 Å². The van der Waals surface area contributed by atoms with Crippen molar-refractivity contribution in [3.05, 3.63) is 60.9 Å². The lowest BCUT2D eigenvalue weighted by Gasteiger charge is -2.12. The number of nitriles is 1. The van der Waals surface area contributed by atoms with Crippen LogP contribution in [-0.2, 0) is 22.4 Å². The number of nitrogens with one attached hydrogen (secondary N) is 1. The lowest BCUT2D eigenvalue weighted by molar-refractivity contribution is -0.112. The maximum atomic E-state index is 13.0. The zero-order valence-corrected chi connectivity index (χ0v) is 22.0. The minimum atomic E-state index is -0.583. The van der Waals surface area contributed by atoms with Gasteiger partial charge in [0.2, 0.25) is 0 Å². The van der Waals surface area contributed by atoms with Crippen molar-refractivity contribution in [2.75, 3.05) is 18.5 Å². The molecule has 0 atom stereocenters. The third-order valence-electron chi connectivity index (χ3n) is 4.92. The molecule has 2 aromatic rings. The summed E-state index contributed by atoms with van der Waals surface area (Å²) >= 11 is 8.29. The number of carbonyl (C=O) groups is 2. The predicted molar refractivity (Wildman–Crippen MR) is 137 cm³/mol. The number of ether oxygens (including phenoxy) is 2. The zero-order valence-electron chi connectivity index (χ0n) is 18.0. The number of esters is 1. The van der Waals surface area contributed by atoms with Crippen LogP contribution in [0.25, 0.3) is 6.08 Å². The fraction of sp³-hybridized carbons (Fsp3) is 0.292. The van der Waals surface area contributed by atoms with Crippen molar-refractivity contribution in [3.8, 4) is 11.8 Å². The Morgan fingerprint density at radius 1 is 1.27 bits per heavy atom. The molecule has 0 fully saturated rings. The molecule has 3 rings (SSSR count). The summed E-state index contributed by atoms with van der Waals surface area (Å²) in [6.45, 7) is 5.96. The Labute approximate surface area is 213 Å². The summed E-state index contributed by atoms with van der Waals surface area (Å²) in [6, 6.07) is 5.46. The summed E-state index contributed by atoms with van der Waals surface area (Å²) in [4.78, 5) is 26.7. The second-order valence-electron chi connectivity index (χ2n) is 7.17. The summed E-state index contributed by atoms with van der Waals surface area (Å²) < 4.78 is 12.2. The van der Waals surface area contributed by atoms with E-state index in [0.29, 0.717) is 37.4 Å². The largest absolute Gasteiger partial charge is 0.487 e. The topological polar surface area (TPSA) is 88.4 Å². The van der Waals surface area contributed by atoms with Gasteiger partial charge in [0.05, 0.1) is 21.1 Å². The van der Waals surface area contributed by atoms with Crippen molar-refractivity contribution in [3.63, 3.8) is 0 Å². The average Bonchev–Trinajstić information content (AvgIpc) is 3.14. The van der Waals surface area contributed by atoms with Crippen molar-refractivity contribution < 1.29 is 19.1 Å². The Balaban J connectivity index is 1.90. The molecular weight excluding hydrogens is 572 g/mol. The van der Waals surface area contributed by atoms with Crippen LogP contribution in [0.1, 0.15) is 46.1 Å². The number of hydrogen-bond acceptors (Lipinski definition) is 6. The average molecular weight is 594 g/mol. The van der Waals surface area contributed by atoms with Gasteiger partial charge in [0, 0.05) is 4.88 Å². The molecule has 33 heavy (non-hydrogen) atoms. The number of hydrogen-bond donors (Lipinski definition) is 1. The number of fused-ring (bicyclic) bond motifs is 1. The number of halogens is 2. The molecule has 0 radical (unpaired) electrons. The minimum Gasteiger partial charge on any atom is -0.487 e. The first-order chi connectivity index (χ1) is 15.9. The van der Waals surface area contributed by atoms with E-state index in [1.165, 1.54) is 17.4 Å². The number of carbonyl (C=O) groups excluding carboxylic acids is 2. The smallest absolute Gasteiger partial charge is 0.341 e. The second kappa shape index (κ2) is 11.6. The van der Waals surface area contributed by atoms with Crippen LogP contribution in [0.4, 0.5) is 5.00 Å². The van der Waals surface area contributed by atoms with Gasteiger partial charge in [-0.05, 0) is 93.8 Å². The molecule has 0 spiro atoms. The van der Waals surface area contributed by atoms with E-state index >= 15 is 0 Å². The van der Waals surface area contributed by atoms with Crippen LogP contribution in [0.3, 0.4) is 0 Å². The summed E-state index contributed by atoms with van der Waals surface area (Å²) in [5, 5.41) is 12.9. The molecule has 1 amide bonds. The highest BCUT2D eigenvalue weighted by Gasteiger charge is 2.27. The molecule has 0 saturated carbocycles. The van der Waals surface area contributed by atoms with Crippen LogP contribution in [0.15, 0.2) is 39.3 Å². The SMILES string of the molecule is C=CCOc1c(Br)cc(/C=C(\C#N)C(=O)Nc2sc3c(c2C(=O)OCC)CCCC3)cc1Br. The molecule has 0 aliphatic heterocycles. The summed E-state index contributed by atoms with van der Waals surface area (Å²) in [7, 11) is 0. The number of rotatable bonds is 8. The predicted octanol–water partition coefficient (Wildman–Crippen LogP) is 6.44. The number of thiophene rings is 1. The van der Waals surface area contributed by atoms with Gasteiger partial charge in [0.15, 0.2) is 0 Å². The van der Waals surface area contributed by atoms with Gasteiger partial charge in [-0.25, -0.2) is 4.79 Å². The van der Waals surface area contributed by atoms with Gasteiger partial charge in [-0.2, -0.15) is 5.26 Å². The van der Waals surface area contributed by atoms with E-state index in [0.717, 1.165) is 36.1 Å². The molecule has 1 N–H and O–H groups in total. The fourth-order valence-corrected chi connectivity index (χ4v) is 6.23. The quantitative estimate of drug-likeness (QED) is 0.165. The van der Waals surface area contributed by atoms with E-state index in [2.05, 4.69) is 43.8 Å². The van der Waals surface area contributed by atoms with E-state index in [1.807, 2.05) is 6.07 Å². The highest BCUT2D eigenvalue weighted by atomic mass is 79.9. The van der Waals surface area contributed by atoms with Crippen LogP contribution in [0.5, 0.6) is 5.75 Å². The third kappa shape index (κ3) is 5.94. The maximum absolute atomic E-state index is 13.0. The number of anilines is 1. The van der Waals surface area contributed by atoms with E-state index in [9.17, 15) is 14.9 Å². The van der Waals surface area contributed by atoms with Crippen molar-refractivity contribution in [2.24, 2.45) is 0 Å². The normalized spacial score (nSPS) is 13.0. The van der Waals surface area contributed by atoms with Crippen molar-refractivity contribution in [1.82, 2.24) is 0 Å². The minimum absolute atomic E-state index is 0.0882. The van der Waals surface area contributed by atoms with Crippen LogP contribution in [0.2, 0.25) is 0 Å². The van der Waals surface area contributed by atoms with E-state index in [1.54, 1.807) is 25.1 Å². The van der Waals surface area contributed by atoms with E-state index in [4.69, 9.17) is 9.47 Å². The van der Waals surface area contributed by atoms with Crippen LogP contribution in [-0.4, -0.2) is 25.1 Å². The molecule has 1 aliphatic carbocycles. The zero-order chi connectivity index (χ0) is 24.0. The molecule has 0 saturated heterocycles. The highest BCUT2D eigenvalue weighted by molar-refractivity contribution is 9.11. The lowest BCUT2D eigenvalue weighted by atomic mass is 9.95. The van der Waals surface area contributed by atoms with Gasteiger partial charge < -0.3 is 14.8 Å². The fourth-order valence-electron chi connectivity index (χ4n) is 3.50. The molecule has 1 aromatic heterocycles. The molecule has 1 aliphatic rings. The molecule has 1 aromatic carbocycles. The van der Waals surface area contributed by atoms with Crippen LogP contribution in [0, 0.1) is 11.3 Å². The van der Waals surface area contributed by atoms with Crippen molar-refractivity contribution >= 4 is 66.2 Å². The second-order valence-corrected chi connectivity index (χ2v) is 9.99. The Bertz CT molecular complexity index is 1140. The molecule has 6 nitrogen and oxygen atoms in total. The molecule has 172 valence electrons. The van der Waals surface area contributed by atoms with Gasteiger partial charge in [0.25, 0.3) is 5.91 Å². The summed E-state index contributed by atoms with van der Waals surface area (Å²) in [6.07, 6.45) is 6.80. The molecule has 1 heterocycles. The maximum Gasteiger partial charge on any atom is 0.341 e. The number of benzene rings is 1. The molecule has 0 unspecified atom stereocenters. The monoisotopic (exact) mass is 592 g/mol. The highest BCUT2D eigenvalue weighted by Crippen LogP contribution is 2.39. The van der Waals surface area contributed by atoms with Crippen LogP contribution < -0.4 is 10.1 Å². The Morgan fingerprint density at radius 2 is 1.97 bits per heavy atom. The first kappa shape index (κ1) is 25.2. The summed E-state index contributed by atoms with van der Waals surface area (Å²) in [5.74, 6) is -0.434.